The Kier molecular flexibility index (Phi) is 4.95. The van der Waals surface area contributed by atoms with Crippen molar-refractivity contribution >= 4 is 47.2 Å². The zero-order valence-electron chi connectivity index (χ0n) is 16.8. The number of anilines is 3. The molecule has 11 heteroatoms. The molecule has 0 atom stereocenters. The van der Waals surface area contributed by atoms with Gasteiger partial charge in [-0.1, -0.05) is 18.2 Å². The summed E-state index contributed by atoms with van der Waals surface area (Å²) in [6.07, 6.45) is 5.39. The topological polar surface area (TPSA) is 112 Å². The molecule has 1 saturated carbocycles. The third-order valence-electron chi connectivity index (χ3n) is 5.18. The fraction of sp³-hybridized carbons (Fsp3) is 0.190. The average Bonchev–Trinajstić information content (AvgIpc) is 3.42. The molecule has 1 aromatic carbocycles. The van der Waals surface area contributed by atoms with Crippen LogP contribution in [0, 0.1) is 5.82 Å². The summed E-state index contributed by atoms with van der Waals surface area (Å²) in [5.74, 6) is 0.629. The van der Waals surface area contributed by atoms with Crippen LogP contribution in [-0.2, 0) is 6.73 Å². The number of rotatable bonds is 6. The van der Waals surface area contributed by atoms with Gasteiger partial charge in [0.2, 0.25) is 0 Å². The van der Waals surface area contributed by atoms with Crippen molar-refractivity contribution < 1.29 is 9.50 Å². The smallest absolute Gasteiger partial charge is 0.328 e. The number of nitrogens with zero attached hydrogens (tertiary/aromatic N) is 4. The first-order valence-electron chi connectivity index (χ1n) is 9.90. The van der Waals surface area contributed by atoms with Gasteiger partial charge >= 0.3 is 5.69 Å². The Morgan fingerprint density at radius 1 is 1.38 bits per heavy atom. The monoisotopic (exact) mass is 455 g/mol. The zero-order chi connectivity index (χ0) is 22.4. The lowest BCUT2D eigenvalue weighted by atomic mass is 10.3. The van der Waals surface area contributed by atoms with Crippen molar-refractivity contribution in [2.24, 2.45) is 0 Å². The Labute approximate surface area is 185 Å². The number of aromatic nitrogens is 5. The summed E-state index contributed by atoms with van der Waals surface area (Å²) in [5, 5.41) is 21.3. The van der Waals surface area contributed by atoms with Gasteiger partial charge in [-0.2, -0.15) is 9.61 Å². The lowest BCUT2D eigenvalue weighted by Crippen LogP contribution is -2.30. The van der Waals surface area contributed by atoms with Gasteiger partial charge in [0.25, 0.3) is 0 Å². The average molecular weight is 456 g/mol. The van der Waals surface area contributed by atoms with Crippen LogP contribution in [0.1, 0.15) is 18.4 Å². The number of imidazole rings is 1. The molecular formula is C21H19ClFN7O2. The normalized spacial score (nSPS) is 14.3. The summed E-state index contributed by atoms with van der Waals surface area (Å²) in [7, 11) is 0. The van der Waals surface area contributed by atoms with Crippen LogP contribution in [-0.4, -0.2) is 35.3 Å². The third-order valence-corrected chi connectivity index (χ3v) is 5.42. The van der Waals surface area contributed by atoms with Crippen molar-refractivity contribution in [3.05, 3.63) is 68.0 Å². The van der Waals surface area contributed by atoms with Gasteiger partial charge in [0.05, 0.1) is 22.6 Å². The van der Waals surface area contributed by atoms with Crippen LogP contribution < -0.4 is 27.0 Å². The molecule has 3 aromatic heterocycles. The van der Waals surface area contributed by atoms with Gasteiger partial charge in [-0.15, -0.1) is 0 Å². The number of hydrogen-bond acceptors (Lipinski definition) is 6. The van der Waals surface area contributed by atoms with E-state index in [-0.39, 0.29) is 5.69 Å². The second-order valence-electron chi connectivity index (χ2n) is 7.53. The summed E-state index contributed by atoms with van der Waals surface area (Å²) in [4.78, 5) is 19.2. The molecule has 164 valence electrons. The summed E-state index contributed by atoms with van der Waals surface area (Å²) < 4.78 is 17.0. The lowest BCUT2D eigenvalue weighted by Gasteiger charge is -2.12. The third kappa shape index (κ3) is 3.74. The highest BCUT2D eigenvalue weighted by Crippen LogP contribution is 2.29. The van der Waals surface area contributed by atoms with Crippen molar-refractivity contribution in [3.63, 3.8) is 0 Å². The maximum Gasteiger partial charge on any atom is 0.328 e. The highest BCUT2D eigenvalue weighted by atomic mass is 35.5. The van der Waals surface area contributed by atoms with E-state index < -0.39 is 18.2 Å². The van der Waals surface area contributed by atoms with Gasteiger partial charge in [0.1, 0.15) is 24.2 Å². The van der Waals surface area contributed by atoms with Crippen LogP contribution in [0.4, 0.5) is 21.7 Å². The number of H-pyrrole nitrogens is 1. The Hall–Kier alpha value is -3.63. The highest BCUT2D eigenvalue weighted by Gasteiger charge is 2.23. The minimum absolute atomic E-state index is 0.196. The first-order chi connectivity index (χ1) is 15.4. The van der Waals surface area contributed by atoms with Crippen molar-refractivity contribution in [1.29, 1.82) is 0 Å². The molecule has 1 fully saturated rings. The molecule has 4 aromatic rings. The Bertz CT molecular complexity index is 1500. The highest BCUT2D eigenvalue weighted by molar-refractivity contribution is 6.30. The molecule has 0 aliphatic heterocycles. The van der Waals surface area contributed by atoms with Crippen LogP contribution in [0.2, 0.25) is 5.02 Å². The predicted molar refractivity (Wildman–Crippen MR) is 120 cm³/mol. The molecule has 0 bridgehead atoms. The van der Waals surface area contributed by atoms with Gasteiger partial charge < -0.3 is 20.7 Å². The van der Waals surface area contributed by atoms with Gasteiger partial charge in [0, 0.05) is 22.7 Å². The minimum atomic E-state index is -0.482. The van der Waals surface area contributed by atoms with Crippen molar-refractivity contribution in [3.8, 4) is 0 Å². The van der Waals surface area contributed by atoms with Crippen LogP contribution in [0.3, 0.4) is 0 Å². The van der Waals surface area contributed by atoms with E-state index in [9.17, 15) is 14.3 Å². The van der Waals surface area contributed by atoms with E-state index in [2.05, 4.69) is 32.3 Å². The minimum Gasteiger partial charge on any atom is -0.376 e. The number of aliphatic hydroxyl groups excluding tert-OH is 1. The Morgan fingerprint density at radius 2 is 2.19 bits per heavy atom. The molecule has 5 rings (SSSR count). The molecule has 0 spiro atoms. The van der Waals surface area contributed by atoms with Crippen LogP contribution >= 0.6 is 11.6 Å². The van der Waals surface area contributed by atoms with E-state index in [0.29, 0.717) is 44.6 Å². The number of hydrogen-bond donors (Lipinski definition) is 4. The maximum absolute atomic E-state index is 14.3. The van der Waals surface area contributed by atoms with Gasteiger partial charge in [-0.05, 0) is 37.1 Å². The molecule has 0 saturated heterocycles. The van der Waals surface area contributed by atoms with Gasteiger partial charge in [-0.25, -0.2) is 14.2 Å². The maximum atomic E-state index is 14.3. The zero-order valence-corrected chi connectivity index (χ0v) is 17.5. The largest absolute Gasteiger partial charge is 0.376 e. The van der Waals surface area contributed by atoms with Crippen molar-refractivity contribution in [2.45, 2.75) is 25.6 Å². The Balaban J connectivity index is 1.65. The number of benzene rings is 1. The quantitative estimate of drug-likeness (QED) is 0.351. The number of fused-ring (bicyclic) bond motifs is 1. The van der Waals surface area contributed by atoms with Crippen LogP contribution in [0.5, 0.6) is 0 Å². The van der Waals surface area contributed by atoms with Crippen LogP contribution in [0.15, 0.2) is 35.3 Å². The number of halogens is 2. The second kappa shape index (κ2) is 7.81. The SMILES string of the molecule is C=c1/c(=C/c2cnn3c(NC4CC4)cc(Nc4cc(Cl)ccc4F)nc23)[nH]c(=O)n1CO. The summed E-state index contributed by atoms with van der Waals surface area (Å²) >= 11 is 6.01. The van der Waals surface area contributed by atoms with Gasteiger partial charge in [-0.3, -0.25) is 4.57 Å². The van der Waals surface area contributed by atoms with Crippen LogP contribution in [0.25, 0.3) is 18.3 Å². The molecule has 0 unspecified atom stereocenters. The predicted octanol–water partition coefficient (Wildman–Crippen LogP) is 1.52. The molecule has 1 aliphatic rings. The van der Waals surface area contributed by atoms with Crippen molar-refractivity contribution in [2.75, 3.05) is 10.6 Å². The van der Waals surface area contributed by atoms with E-state index in [1.54, 1.807) is 22.9 Å². The molecule has 1 aliphatic carbocycles. The van der Waals surface area contributed by atoms with Crippen molar-refractivity contribution in [1.82, 2.24) is 24.1 Å². The van der Waals surface area contributed by atoms with E-state index >= 15 is 0 Å². The number of aliphatic hydroxyl groups is 1. The molecule has 0 amide bonds. The number of aromatic amines is 1. The fourth-order valence-electron chi connectivity index (χ4n) is 3.36. The van der Waals surface area contributed by atoms with E-state index in [4.69, 9.17) is 11.6 Å². The molecular weight excluding hydrogens is 437 g/mol. The Morgan fingerprint density at radius 3 is 2.91 bits per heavy atom. The fourth-order valence-corrected chi connectivity index (χ4v) is 3.54. The summed E-state index contributed by atoms with van der Waals surface area (Å²) in [5.41, 5.74) is 0.817. The lowest BCUT2D eigenvalue weighted by molar-refractivity contribution is 0.203. The first kappa shape index (κ1) is 20.3. The van der Waals surface area contributed by atoms with E-state index in [1.807, 2.05) is 0 Å². The molecule has 4 N–H and O–H groups in total. The molecule has 3 heterocycles. The second-order valence-corrected chi connectivity index (χ2v) is 7.97. The standard InChI is InChI=1S/C21H19ClFN7O2/c1-11-16(27-21(32)29(11)10-31)6-12-9-24-30-19(25-14-3-4-14)8-18(28-20(12)30)26-17-7-13(22)2-5-15(17)23/h2,5-9,14,25,31H,1,3-4,10H2,(H,26,28)(H,27,32)/b16-6-. The summed E-state index contributed by atoms with van der Waals surface area (Å²) in [6.45, 7) is 3.36. The molecule has 0 radical (unpaired) electrons. The summed E-state index contributed by atoms with van der Waals surface area (Å²) in [6, 6.07) is 6.33. The van der Waals surface area contributed by atoms with E-state index in [1.165, 1.54) is 18.2 Å². The first-order valence-corrected chi connectivity index (χ1v) is 10.3. The molecule has 9 nitrogen and oxygen atoms in total. The molecule has 32 heavy (non-hydrogen) atoms. The number of nitrogens with one attached hydrogen (secondary N) is 3. The van der Waals surface area contributed by atoms with Gasteiger partial charge in [0.15, 0.2) is 5.65 Å². The van der Waals surface area contributed by atoms with E-state index in [0.717, 1.165) is 17.4 Å².